The standard InChI is InChI=1S/C27H27O4S/c1-30-26(28)21-12-16-24(17-13-21)32(23-10-6-3-7-11-23)25-18-14-22(15-19-25)31-27(29)20-8-4-2-5-9-20/h3,6-7,10-20H,2,4-5,8-9H2,1H3/q+1. The fraction of sp³-hybridized carbons (Fsp3) is 0.259. The first-order valence-corrected chi connectivity index (χ1v) is 12.2. The molecule has 0 aliphatic heterocycles. The monoisotopic (exact) mass is 447 g/mol. The molecule has 1 saturated carbocycles. The van der Waals surface area contributed by atoms with Crippen LogP contribution in [-0.2, 0) is 20.4 Å². The molecule has 0 amide bonds. The molecule has 0 spiro atoms. The molecule has 0 N–H and O–H groups in total. The quantitative estimate of drug-likeness (QED) is 0.262. The summed E-state index contributed by atoms with van der Waals surface area (Å²) in [4.78, 5) is 27.7. The van der Waals surface area contributed by atoms with Gasteiger partial charge >= 0.3 is 11.9 Å². The van der Waals surface area contributed by atoms with Crippen LogP contribution in [0.15, 0.2) is 93.5 Å². The average Bonchev–Trinajstić information content (AvgIpc) is 2.86. The summed E-state index contributed by atoms with van der Waals surface area (Å²) in [6.45, 7) is 0. The van der Waals surface area contributed by atoms with Crippen molar-refractivity contribution in [3.63, 3.8) is 0 Å². The molecule has 1 unspecified atom stereocenters. The smallest absolute Gasteiger partial charge is 0.337 e. The number of hydrogen-bond donors (Lipinski definition) is 0. The van der Waals surface area contributed by atoms with E-state index in [-0.39, 0.29) is 28.8 Å². The summed E-state index contributed by atoms with van der Waals surface area (Å²) in [7, 11) is 1.03. The molecule has 0 aromatic heterocycles. The Balaban J connectivity index is 1.58. The van der Waals surface area contributed by atoms with Gasteiger partial charge in [0.1, 0.15) is 5.75 Å². The van der Waals surface area contributed by atoms with Gasteiger partial charge in [-0.05, 0) is 73.5 Å². The molecule has 1 aliphatic rings. The van der Waals surface area contributed by atoms with E-state index >= 15 is 0 Å². The molecule has 4 nitrogen and oxygen atoms in total. The summed E-state index contributed by atoms with van der Waals surface area (Å²) < 4.78 is 10.5. The maximum Gasteiger partial charge on any atom is 0.337 e. The fourth-order valence-electron chi connectivity index (χ4n) is 3.99. The first kappa shape index (κ1) is 22.2. The van der Waals surface area contributed by atoms with Crippen LogP contribution >= 0.6 is 0 Å². The van der Waals surface area contributed by atoms with Gasteiger partial charge in [-0.3, -0.25) is 4.79 Å². The highest BCUT2D eigenvalue weighted by molar-refractivity contribution is 7.97. The van der Waals surface area contributed by atoms with Crippen LogP contribution in [0.2, 0.25) is 0 Å². The zero-order valence-corrected chi connectivity index (χ0v) is 19.0. The number of carbonyl (C=O) groups is 2. The number of benzene rings is 3. The molecule has 32 heavy (non-hydrogen) atoms. The molecule has 1 fully saturated rings. The van der Waals surface area contributed by atoms with E-state index in [4.69, 9.17) is 9.47 Å². The maximum atomic E-state index is 12.5. The van der Waals surface area contributed by atoms with Crippen LogP contribution in [0.1, 0.15) is 42.5 Å². The number of ether oxygens (including phenoxy) is 2. The van der Waals surface area contributed by atoms with E-state index < -0.39 is 0 Å². The predicted molar refractivity (Wildman–Crippen MR) is 125 cm³/mol. The number of carbonyl (C=O) groups excluding carboxylic acids is 2. The minimum Gasteiger partial charge on any atom is -0.465 e. The minimum atomic E-state index is -0.356. The lowest BCUT2D eigenvalue weighted by Gasteiger charge is -2.19. The molecule has 5 heteroatoms. The molecule has 3 aromatic carbocycles. The third-order valence-corrected chi connectivity index (χ3v) is 7.94. The van der Waals surface area contributed by atoms with Crippen molar-refractivity contribution in [1.29, 1.82) is 0 Å². The zero-order chi connectivity index (χ0) is 22.3. The largest absolute Gasteiger partial charge is 0.465 e. The summed E-state index contributed by atoms with van der Waals surface area (Å²) in [5.41, 5.74) is 0.526. The second-order valence-corrected chi connectivity index (χ2v) is 9.89. The van der Waals surface area contributed by atoms with E-state index in [2.05, 4.69) is 12.1 Å². The fourth-order valence-corrected chi connectivity index (χ4v) is 6.05. The minimum absolute atomic E-state index is 0.0238. The van der Waals surface area contributed by atoms with Crippen LogP contribution < -0.4 is 4.74 Å². The number of esters is 2. The molecule has 1 aliphatic carbocycles. The molecule has 1 atom stereocenters. The molecule has 0 heterocycles. The molecule has 3 aromatic rings. The van der Waals surface area contributed by atoms with Gasteiger partial charge in [0.25, 0.3) is 0 Å². The Labute approximate surface area is 191 Å². The Morgan fingerprint density at radius 2 is 1.31 bits per heavy atom. The van der Waals surface area contributed by atoms with Gasteiger partial charge in [-0.25, -0.2) is 4.79 Å². The highest BCUT2D eigenvalue weighted by Gasteiger charge is 2.29. The van der Waals surface area contributed by atoms with Crippen molar-refractivity contribution in [1.82, 2.24) is 0 Å². The van der Waals surface area contributed by atoms with Gasteiger partial charge in [-0.15, -0.1) is 0 Å². The third kappa shape index (κ3) is 5.22. The van der Waals surface area contributed by atoms with E-state index in [0.29, 0.717) is 11.3 Å². The molecule has 164 valence electrons. The third-order valence-electron chi connectivity index (χ3n) is 5.71. The van der Waals surface area contributed by atoms with Crippen LogP contribution in [0.25, 0.3) is 0 Å². The van der Waals surface area contributed by atoms with Gasteiger partial charge in [0.2, 0.25) is 0 Å². The zero-order valence-electron chi connectivity index (χ0n) is 18.2. The highest BCUT2D eigenvalue weighted by atomic mass is 32.2. The molecular formula is C27H27O4S+. The second-order valence-electron chi connectivity index (χ2n) is 7.86. The number of hydrogen-bond acceptors (Lipinski definition) is 4. The molecule has 0 radical (unpaired) electrons. The molecule has 0 bridgehead atoms. The van der Waals surface area contributed by atoms with Crippen LogP contribution in [0, 0.1) is 5.92 Å². The van der Waals surface area contributed by atoms with Crippen molar-refractivity contribution >= 4 is 22.8 Å². The van der Waals surface area contributed by atoms with Gasteiger partial charge in [0, 0.05) is 0 Å². The van der Waals surface area contributed by atoms with E-state index in [9.17, 15) is 9.59 Å². The summed E-state index contributed by atoms with van der Waals surface area (Å²) in [5, 5.41) is 0. The number of methoxy groups -OCH3 is 1. The Morgan fingerprint density at radius 1 is 0.750 bits per heavy atom. The van der Waals surface area contributed by atoms with Crippen molar-refractivity contribution in [3.05, 3.63) is 84.4 Å². The topological polar surface area (TPSA) is 52.6 Å². The Morgan fingerprint density at radius 3 is 1.91 bits per heavy atom. The lowest BCUT2D eigenvalue weighted by Crippen LogP contribution is -2.22. The Kier molecular flexibility index (Phi) is 7.28. The molecule has 4 rings (SSSR count). The van der Waals surface area contributed by atoms with Crippen LogP contribution in [0.3, 0.4) is 0 Å². The predicted octanol–water partition coefficient (Wildman–Crippen LogP) is 6.05. The van der Waals surface area contributed by atoms with Crippen molar-refractivity contribution in [2.75, 3.05) is 7.11 Å². The normalized spacial score (nSPS) is 15.0. The van der Waals surface area contributed by atoms with Crippen molar-refractivity contribution < 1.29 is 19.1 Å². The maximum absolute atomic E-state index is 12.5. The lowest BCUT2D eigenvalue weighted by atomic mass is 9.89. The Hall–Kier alpha value is -3.05. The van der Waals surface area contributed by atoms with Crippen LogP contribution in [0.4, 0.5) is 0 Å². The summed E-state index contributed by atoms with van der Waals surface area (Å²) in [6.07, 6.45) is 5.27. The van der Waals surface area contributed by atoms with E-state index in [1.165, 1.54) is 18.4 Å². The van der Waals surface area contributed by atoms with Gasteiger partial charge in [0.15, 0.2) is 14.7 Å². The van der Waals surface area contributed by atoms with Gasteiger partial charge in [-0.1, -0.05) is 37.5 Å². The second kappa shape index (κ2) is 10.5. The van der Waals surface area contributed by atoms with Crippen molar-refractivity contribution in [3.8, 4) is 5.75 Å². The Bertz CT molecular complexity index is 1040. The van der Waals surface area contributed by atoms with E-state index in [1.54, 1.807) is 12.1 Å². The van der Waals surface area contributed by atoms with Gasteiger partial charge < -0.3 is 9.47 Å². The summed E-state index contributed by atoms with van der Waals surface area (Å²) in [5.74, 6) is 0.149. The van der Waals surface area contributed by atoms with Crippen molar-refractivity contribution in [2.45, 2.75) is 46.8 Å². The summed E-state index contributed by atoms with van der Waals surface area (Å²) in [6, 6.07) is 25.6. The van der Waals surface area contributed by atoms with E-state index in [1.807, 2.05) is 54.6 Å². The summed E-state index contributed by atoms with van der Waals surface area (Å²) >= 11 is 0. The van der Waals surface area contributed by atoms with Gasteiger partial charge in [-0.2, -0.15) is 0 Å². The van der Waals surface area contributed by atoms with Crippen LogP contribution in [-0.4, -0.2) is 19.0 Å². The number of rotatable bonds is 6. The van der Waals surface area contributed by atoms with Crippen LogP contribution in [0.5, 0.6) is 5.75 Å². The first-order chi connectivity index (χ1) is 15.7. The van der Waals surface area contributed by atoms with E-state index in [0.717, 1.165) is 35.5 Å². The van der Waals surface area contributed by atoms with Crippen molar-refractivity contribution in [2.24, 2.45) is 5.92 Å². The first-order valence-electron chi connectivity index (χ1n) is 10.9. The molecule has 0 saturated heterocycles. The average molecular weight is 448 g/mol. The lowest BCUT2D eigenvalue weighted by molar-refractivity contribution is -0.139. The highest BCUT2D eigenvalue weighted by Crippen LogP contribution is 2.33. The van der Waals surface area contributed by atoms with Gasteiger partial charge in [0.05, 0.1) is 29.5 Å². The SMILES string of the molecule is COC(=O)c1ccc([S+](c2ccccc2)c2ccc(OC(=O)C3CCCCC3)cc2)cc1. The molecular weight excluding hydrogens is 420 g/mol.